The minimum Gasteiger partial charge on any atom is -0.462 e. The molecule has 0 spiro atoms. The fourth-order valence-electron chi connectivity index (χ4n) is 1.72. The summed E-state index contributed by atoms with van der Waals surface area (Å²) in [5.74, 6) is 0.510. The quantitative estimate of drug-likeness (QED) is 0.698. The van der Waals surface area contributed by atoms with Crippen LogP contribution < -0.4 is 0 Å². The van der Waals surface area contributed by atoms with Gasteiger partial charge in [0, 0.05) is 12.6 Å². The number of carbonyl (C=O) groups excluding carboxylic acids is 1. The van der Waals surface area contributed by atoms with Gasteiger partial charge in [0.25, 0.3) is 0 Å². The van der Waals surface area contributed by atoms with Crippen LogP contribution in [0.1, 0.15) is 61.9 Å². The first-order valence-corrected chi connectivity index (χ1v) is 6.74. The van der Waals surface area contributed by atoms with Crippen LogP contribution in [0.15, 0.2) is 6.20 Å². The fourth-order valence-corrected chi connectivity index (χ4v) is 1.72. The number of hydrogen-bond acceptors (Lipinski definition) is 4. The molecule has 1 rings (SSSR count). The number of hydrogen-bond donors (Lipinski definition) is 0. The zero-order valence-electron chi connectivity index (χ0n) is 11.5. The van der Waals surface area contributed by atoms with Gasteiger partial charge in [0.1, 0.15) is 5.82 Å². The summed E-state index contributed by atoms with van der Waals surface area (Å²) in [6.07, 6.45) is 6.42. The normalized spacial score (nSPS) is 10.4. The highest BCUT2D eigenvalue weighted by atomic mass is 16.5. The second-order valence-electron chi connectivity index (χ2n) is 4.22. The molecule has 0 aromatic carbocycles. The number of unbranched alkanes of at least 4 members (excludes halogenated alkanes) is 1. The van der Waals surface area contributed by atoms with Gasteiger partial charge < -0.3 is 4.74 Å². The summed E-state index contributed by atoms with van der Waals surface area (Å²) in [4.78, 5) is 20.5. The van der Waals surface area contributed by atoms with Crippen molar-refractivity contribution in [2.24, 2.45) is 0 Å². The Bertz CT molecular complexity index is 391. The molecule has 100 valence electrons. The van der Waals surface area contributed by atoms with Crippen molar-refractivity contribution in [3.8, 4) is 0 Å². The van der Waals surface area contributed by atoms with E-state index < -0.39 is 0 Å². The average Bonchev–Trinajstić information content (AvgIpc) is 2.37. The van der Waals surface area contributed by atoms with E-state index in [0.717, 1.165) is 43.6 Å². The van der Waals surface area contributed by atoms with E-state index in [0.29, 0.717) is 12.2 Å². The van der Waals surface area contributed by atoms with Gasteiger partial charge >= 0.3 is 5.97 Å². The second kappa shape index (κ2) is 7.80. The molecule has 4 nitrogen and oxygen atoms in total. The maximum absolute atomic E-state index is 11.8. The zero-order chi connectivity index (χ0) is 13.4. The zero-order valence-corrected chi connectivity index (χ0v) is 11.5. The van der Waals surface area contributed by atoms with E-state index in [-0.39, 0.29) is 5.97 Å². The molecule has 0 aliphatic heterocycles. The van der Waals surface area contributed by atoms with Crippen LogP contribution in [0.5, 0.6) is 0 Å². The molecule has 0 atom stereocenters. The molecular weight excluding hydrogens is 228 g/mol. The summed E-state index contributed by atoms with van der Waals surface area (Å²) in [6.45, 7) is 6.39. The Kier molecular flexibility index (Phi) is 6.33. The fraction of sp³-hybridized carbons (Fsp3) is 0.643. The van der Waals surface area contributed by atoms with E-state index in [1.165, 1.54) is 0 Å². The smallest absolute Gasteiger partial charge is 0.341 e. The third-order valence-electron chi connectivity index (χ3n) is 2.65. The molecule has 0 N–H and O–H groups in total. The summed E-state index contributed by atoms with van der Waals surface area (Å²) >= 11 is 0. The number of aromatic nitrogens is 2. The molecule has 4 heteroatoms. The van der Waals surface area contributed by atoms with Gasteiger partial charge in [0.15, 0.2) is 0 Å². The summed E-state index contributed by atoms with van der Waals surface area (Å²) in [7, 11) is 0. The van der Waals surface area contributed by atoms with E-state index in [4.69, 9.17) is 4.74 Å². The minimum absolute atomic E-state index is 0.317. The van der Waals surface area contributed by atoms with Gasteiger partial charge in [0.05, 0.1) is 17.9 Å². The van der Waals surface area contributed by atoms with Gasteiger partial charge in [-0.3, -0.25) is 0 Å². The Morgan fingerprint density at radius 1 is 1.22 bits per heavy atom. The van der Waals surface area contributed by atoms with Crippen molar-refractivity contribution in [2.45, 2.75) is 52.9 Å². The van der Waals surface area contributed by atoms with Crippen molar-refractivity contribution in [2.75, 3.05) is 6.61 Å². The first-order valence-electron chi connectivity index (χ1n) is 6.74. The van der Waals surface area contributed by atoms with Gasteiger partial charge in [-0.15, -0.1) is 0 Å². The lowest BCUT2D eigenvalue weighted by Gasteiger charge is -2.08. The average molecular weight is 250 g/mol. The third kappa shape index (κ3) is 4.09. The van der Waals surface area contributed by atoms with Crippen LogP contribution in [0.2, 0.25) is 0 Å². The Morgan fingerprint density at radius 3 is 2.61 bits per heavy atom. The standard InChI is InChI=1S/C14H22N2O2/c1-4-7-9-13-15-10-11(14(17)18-6-3)12(16-13)8-5-2/h10H,4-9H2,1-3H3. The molecule has 0 unspecified atom stereocenters. The van der Waals surface area contributed by atoms with Gasteiger partial charge in [-0.2, -0.15) is 0 Å². The van der Waals surface area contributed by atoms with Gasteiger partial charge in [-0.1, -0.05) is 26.7 Å². The molecule has 0 saturated heterocycles. The van der Waals surface area contributed by atoms with Crippen LogP contribution in [-0.4, -0.2) is 22.5 Å². The summed E-state index contributed by atoms with van der Waals surface area (Å²) in [5, 5.41) is 0. The first kappa shape index (κ1) is 14.6. The van der Waals surface area contributed by atoms with Crippen molar-refractivity contribution in [3.05, 3.63) is 23.3 Å². The third-order valence-corrected chi connectivity index (χ3v) is 2.65. The molecule has 1 heterocycles. The summed E-state index contributed by atoms with van der Waals surface area (Å²) < 4.78 is 5.02. The predicted octanol–water partition coefficient (Wildman–Crippen LogP) is 2.95. The van der Waals surface area contributed by atoms with Crippen molar-refractivity contribution in [1.82, 2.24) is 9.97 Å². The largest absolute Gasteiger partial charge is 0.462 e. The number of nitrogens with zero attached hydrogens (tertiary/aromatic N) is 2. The topological polar surface area (TPSA) is 52.1 Å². The van der Waals surface area contributed by atoms with Crippen molar-refractivity contribution < 1.29 is 9.53 Å². The lowest BCUT2D eigenvalue weighted by Crippen LogP contribution is -2.12. The van der Waals surface area contributed by atoms with Gasteiger partial charge in [-0.05, 0) is 19.8 Å². The van der Waals surface area contributed by atoms with E-state index in [9.17, 15) is 4.79 Å². The maximum Gasteiger partial charge on any atom is 0.341 e. The highest BCUT2D eigenvalue weighted by Gasteiger charge is 2.14. The molecule has 1 aromatic rings. The number of ether oxygens (including phenoxy) is 1. The molecule has 1 aromatic heterocycles. The summed E-state index contributed by atoms with van der Waals surface area (Å²) in [6, 6.07) is 0. The molecular formula is C14H22N2O2. The maximum atomic E-state index is 11.8. The van der Waals surface area contributed by atoms with Crippen LogP contribution >= 0.6 is 0 Å². The Morgan fingerprint density at radius 2 is 2.00 bits per heavy atom. The van der Waals surface area contributed by atoms with Gasteiger partial charge in [0.2, 0.25) is 0 Å². The van der Waals surface area contributed by atoms with Crippen LogP contribution in [0.25, 0.3) is 0 Å². The molecule has 0 radical (unpaired) electrons. The van der Waals surface area contributed by atoms with Crippen LogP contribution in [0.3, 0.4) is 0 Å². The van der Waals surface area contributed by atoms with E-state index in [1.54, 1.807) is 13.1 Å². The van der Waals surface area contributed by atoms with Crippen molar-refractivity contribution in [1.29, 1.82) is 0 Å². The van der Waals surface area contributed by atoms with Gasteiger partial charge in [-0.25, -0.2) is 14.8 Å². The molecule has 0 fully saturated rings. The van der Waals surface area contributed by atoms with Crippen LogP contribution in [-0.2, 0) is 17.6 Å². The summed E-state index contributed by atoms with van der Waals surface area (Å²) in [5.41, 5.74) is 1.33. The Labute approximate surface area is 109 Å². The molecule has 0 saturated carbocycles. The van der Waals surface area contributed by atoms with E-state index in [1.807, 2.05) is 0 Å². The van der Waals surface area contributed by atoms with E-state index >= 15 is 0 Å². The molecule has 18 heavy (non-hydrogen) atoms. The number of carbonyl (C=O) groups is 1. The monoisotopic (exact) mass is 250 g/mol. The molecule has 0 aliphatic carbocycles. The highest BCUT2D eigenvalue weighted by Crippen LogP contribution is 2.11. The highest BCUT2D eigenvalue weighted by molar-refractivity contribution is 5.90. The lowest BCUT2D eigenvalue weighted by atomic mass is 10.1. The van der Waals surface area contributed by atoms with E-state index in [2.05, 4.69) is 23.8 Å². The minimum atomic E-state index is -0.317. The molecule has 0 amide bonds. The molecule has 0 aliphatic rings. The van der Waals surface area contributed by atoms with Crippen LogP contribution in [0.4, 0.5) is 0 Å². The van der Waals surface area contributed by atoms with Crippen molar-refractivity contribution in [3.63, 3.8) is 0 Å². The second-order valence-corrected chi connectivity index (χ2v) is 4.22. The number of aryl methyl sites for hydroxylation is 2. The van der Waals surface area contributed by atoms with Crippen LogP contribution in [0, 0.1) is 0 Å². The first-order chi connectivity index (χ1) is 8.72. The predicted molar refractivity (Wildman–Crippen MR) is 70.6 cm³/mol. The molecule has 0 bridgehead atoms. The lowest BCUT2D eigenvalue weighted by molar-refractivity contribution is 0.0524. The van der Waals surface area contributed by atoms with Crippen molar-refractivity contribution >= 4 is 5.97 Å². The SMILES string of the molecule is CCCCc1ncc(C(=O)OCC)c(CCC)n1. The number of rotatable bonds is 7. The number of esters is 1. The Hall–Kier alpha value is -1.45. The Balaban J connectivity index is 2.92.